The molecular formula is C60H36O8Ti. The van der Waals surface area contributed by atoms with Crippen LogP contribution in [-0.4, -0.2) is 23.9 Å². The molecule has 12 rings (SSSR count). The minimum atomic E-state index is -1.13. The van der Waals surface area contributed by atoms with Gasteiger partial charge in [0.15, 0.2) is 0 Å². The van der Waals surface area contributed by atoms with Crippen LogP contribution in [0, 0.1) is 0 Å². The van der Waals surface area contributed by atoms with E-state index in [1.807, 2.05) is 170 Å². The van der Waals surface area contributed by atoms with Crippen molar-refractivity contribution in [3.05, 3.63) is 241 Å². The summed E-state index contributed by atoms with van der Waals surface area (Å²) in [6.45, 7) is 0. The zero-order valence-electron chi connectivity index (χ0n) is 36.6. The quantitative estimate of drug-likeness (QED) is 0.125. The van der Waals surface area contributed by atoms with Gasteiger partial charge >= 0.3 is 21.7 Å². The Balaban J connectivity index is 0.000000123. The second-order valence-corrected chi connectivity index (χ2v) is 16.1. The number of rotatable bonds is 4. The summed E-state index contributed by atoms with van der Waals surface area (Å²) in [5.74, 6) is -4.53. The first-order chi connectivity index (χ1) is 33.0. The minimum Gasteiger partial charge on any atom is -0.545 e. The zero-order valence-corrected chi connectivity index (χ0v) is 38.1. The SMILES string of the molecule is O=C([O-])c1cccc2cc3ccccc3cc12.O=C([O-])c1cccc2cc3ccccc3cc12.O=C([O-])c1cccc2cc3ccccc3cc12.O=C([O-])c1cccc2cc3ccccc3cc12.[Ti+4]. The van der Waals surface area contributed by atoms with Gasteiger partial charge in [-0.1, -0.05) is 170 Å². The molecule has 0 amide bonds. The van der Waals surface area contributed by atoms with Crippen LogP contribution in [0.25, 0.3) is 86.2 Å². The van der Waals surface area contributed by atoms with E-state index in [2.05, 4.69) is 0 Å². The van der Waals surface area contributed by atoms with Crippen LogP contribution in [0.4, 0.5) is 0 Å². The van der Waals surface area contributed by atoms with Crippen molar-refractivity contribution in [2.24, 2.45) is 0 Å². The Morgan fingerprint density at radius 2 is 0.377 bits per heavy atom. The van der Waals surface area contributed by atoms with Gasteiger partial charge in [0.05, 0.1) is 23.9 Å². The zero-order chi connectivity index (χ0) is 47.3. The van der Waals surface area contributed by atoms with Crippen LogP contribution in [-0.2, 0) is 21.7 Å². The minimum absolute atomic E-state index is 0. The molecule has 0 saturated heterocycles. The maximum Gasteiger partial charge on any atom is 4.00 e. The molecule has 12 aromatic carbocycles. The number of benzene rings is 12. The van der Waals surface area contributed by atoms with E-state index >= 15 is 0 Å². The summed E-state index contributed by atoms with van der Waals surface area (Å²) in [5.41, 5.74) is 0.975. The molecule has 9 heteroatoms. The monoisotopic (exact) mass is 932 g/mol. The Morgan fingerprint density at radius 1 is 0.217 bits per heavy atom. The van der Waals surface area contributed by atoms with E-state index < -0.39 is 23.9 Å². The van der Waals surface area contributed by atoms with Gasteiger partial charge in [-0.05, 0) is 135 Å². The number of aromatic carboxylic acids is 4. The summed E-state index contributed by atoms with van der Waals surface area (Å²) in [5, 5.41) is 59.3. The van der Waals surface area contributed by atoms with E-state index in [1.165, 1.54) is 0 Å². The first kappa shape index (κ1) is 46.8. The number of hydrogen-bond donors (Lipinski definition) is 0. The van der Waals surface area contributed by atoms with Gasteiger partial charge in [0.25, 0.3) is 0 Å². The molecule has 0 aromatic heterocycles. The normalized spacial score (nSPS) is 10.7. The van der Waals surface area contributed by atoms with Crippen molar-refractivity contribution >= 4 is 110 Å². The number of carboxylic acids is 4. The molecule has 0 aliphatic rings. The summed E-state index contributed by atoms with van der Waals surface area (Å²) in [4.78, 5) is 44.2. The first-order valence-electron chi connectivity index (χ1n) is 21.5. The molecule has 0 saturated carbocycles. The van der Waals surface area contributed by atoms with Crippen molar-refractivity contribution in [2.75, 3.05) is 0 Å². The first-order valence-corrected chi connectivity index (χ1v) is 21.5. The Kier molecular flexibility index (Phi) is 13.9. The molecule has 0 N–H and O–H groups in total. The predicted octanol–water partition coefficient (Wildman–Crippen LogP) is 9.42. The molecule has 0 fully saturated rings. The second-order valence-electron chi connectivity index (χ2n) is 16.1. The van der Waals surface area contributed by atoms with Crippen LogP contribution >= 0.6 is 0 Å². The molecule has 0 unspecified atom stereocenters. The van der Waals surface area contributed by atoms with Crippen molar-refractivity contribution in [2.45, 2.75) is 0 Å². The largest absolute Gasteiger partial charge is 4.00 e. The molecular weight excluding hydrogens is 897 g/mol. The van der Waals surface area contributed by atoms with Crippen LogP contribution in [0.1, 0.15) is 41.4 Å². The van der Waals surface area contributed by atoms with E-state index in [1.54, 1.807) is 48.5 Å². The maximum absolute atomic E-state index is 11.0. The van der Waals surface area contributed by atoms with Gasteiger partial charge in [-0.3, -0.25) is 0 Å². The third-order valence-corrected chi connectivity index (χ3v) is 11.9. The van der Waals surface area contributed by atoms with E-state index in [-0.39, 0.29) is 44.0 Å². The fraction of sp³-hybridized carbons (Fsp3) is 0. The Morgan fingerprint density at radius 3 is 0.551 bits per heavy atom. The van der Waals surface area contributed by atoms with Crippen molar-refractivity contribution in [1.29, 1.82) is 0 Å². The Labute approximate surface area is 409 Å². The van der Waals surface area contributed by atoms with Gasteiger partial charge < -0.3 is 39.6 Å². The van der Waals surface area contributed by atoms with Crippen molar-refractivity contribution in [3.63, 3.8) is 0 Å². The summed E-state index contributed by atoms with van der Waals surface area (Å²) in [6.07, 6.45) is 0. The smallest absolute Gasteiger partial charge is 0.545 e. The van der Waals surface area contributed by atoms with Crippen LogP contribution in [0.15, 0.2) is 218 Å². The third kappa shape index (κ3) is 10.0. The average Bonchev–Trinajstić information content (AvgIpc) is 3.35. The summed E-state index contributed by atoms with van der Waals surface area (Å²) in [7, 11) is 0. The number of fused-ring (bicyclic) bond motifs is 8. The molecule has 8 nitrogen and oxygen atoms in total. The van der Waals surface area contributed by atoms with Crippen molar-refractivity contribution in [3.8, 4) is 0 Å². The second kappa shape index (κ2) is 20.4. The van der Waals surface area contributed by atoms with Gasteiger partial charge in [0.2, 0.25) is 0 Å². The van der Waals surface area contributed by atoms with Gasteiger partial charge in [-0.2, -0.15) is 0 Å². The number of carboxylic acid groups (broad SMARTS) is 4. The molecule has 0 aliphatic carbocycles. The number of hydrogen-bond acceptors (Lipinski definition) is 8. The van der Waals surface area contributed by atoms with Crippen LogP contribution in [0.3, 0.4) is 0 Å². The fourth-order valence-electron chi connectivity index (χ4n) is 8.58. The molecule has 0 radical (unpaired) electrons. The maximum atomic E-state index is 11.0. The van der Waals surface area contributed by atoms with Gasteiger partial charge in [-0.25, -0.2) is 0 Å². The van der Waals surface area contributed by atoms with Crippen molar-refractivity contribution < 1.29 is 61.3 Å². The molecule has 69 heavy (non-hydrogen) atoms. The molecule has 12 aromatic rings. The molecule has 0 heterocycles. The van der Waals surface area contributed by atoms with E-state index in [0.717, 1.165) is 86.2 Å². The van der Waals surface area contributed by atoms with E-state index in [0.29, 0.717) is 0 Å². The summed E-state index contributed by atoms with van der Waals surface area (Å²) >= 11 is 0. The standard InChI is InChI=1S/4C15H10O2.Ti/c4*16-15(17)13-7-3-6-12-8-10-4-1-2-5-11(10)9-14(12)13;/h4*1-9H,(H,16,17);/q;;;;+4/p-4. The molecule has 0 aliphatic heterocycles. The summed E-state index contributed by atoms with van der Waals surface area (Å²) in [6, 6.07) is 68.1. The average molecular weight is 933 g/mol. The molecule has 0 bridgehead atoms. The topological polar surface area (TPSA) is 161 Å². The van der Waals surface area contributed by atoms with Crippen molar-refractivity contribution in [1.82, 2.24) is 0 Å². The molecule has 0 spiro atoms. The fourth-order valence-corrected chi connectivity index (χ4v) is 8.58. The van der Waals surface area contributed by atoms with E-state index in [4.69, 9.17) is 0 Å². The van der Waals surface area contributed by atoms with Crippen LogP contribution in [0.2, 0.25) is 0 Å². The third-order valence-electron chi connectivity index (χ3n) is 11.9. The summed E-state index contributed by atoms with van der Waals surface area (Å²) < 4.78 is 0. The van der Waals surface area contributed by atoms with Gasteiger partial charge in [-0.15, -0.1) is 0 Å². The van der Waals surface area contributed by atoms with E-state index in [9.17, 15) is 39.6 Å². The molecule has 328 valence electrons. The number of carbonyl (C=O) groups excluding carboxylic acids is 4. The molecule has 0 atom stereocenters. The van der Waals surface area contributed by atoms with Gasteiger partial charge in [0.1, 0.15) is 0 Å². The predicted molar refractivity (Wildman–Crippen MR) is 263 cm³/mol. The van der Waals surface area contributed by atoms with Crippen LogP contribution in [0.5, 0.6) is 0 Å². The van der Waals surface area contributed by atoms with Crippen LogP contribution < -0.4 is 20.4 Å². The Bertz CT molecular complexity index is 3440. The Hall–Kier alpha value is -8.69. The number of carbonyl (C=O) groups is 4. The van der Waals surface area contributed by atoms with Gasteiger partial charge in [0, 0.05) is 22.3 Å².